The number of hydrogen-bond acceptors (Lipinski definition) is 6. The molecule has 27 heavy (non-hydrogen) atoms. The van der Waals surface area contributed by atoms with Gasteiger partial charge < -0.3 is 18.9 Å². The van der Waals surface area contributed by atoms with Gasteiger partial charge in [-0.05, 0) is 55.8 Å². The van der Waals surface area contributed by atoms with Crippen LogP contribution in [0, 0.1) is 0 Å². The summed E-state index contributed by atoms with van der Waals surface area (Å²) in [5.74, 6) is 1.70. The molecule has 1 aliphatic heterocycles. The first kappa shape index (κ1) is 18.5. The maximum atomic E-state index is 12.2. The van der Waals surface area contributed by atoms with Gasteiger partial charge in [0.1, 0.15) is 5.75 Å². The Bertz CT molecular complexity index is 901. The number of nitrogens with zero attached hydrogens (tertiary/aromatic N) is 1. The Hall–Kier alpha value is -3.28. The van der Waals surface area contributed by atoms with E-state index in [-0.39, 0.29) is 11.6 Å². The molecular formula is C21H21NO5. The zero-order valence-electron chi connectivity index (χ0n) is 15.5. The molecule has 1 heterocycles. The summed E-state index contributed by atoms with van der Waals surface area (Å²) >= 11 is 0. The van der Waals surface area contributed by atoms with Crippen LogP contribution >= 0.6 is 0 Å². The molecule has 0 spiro atoms. The van der Waals surface area contributed by atoms with E-state index in [4.69, 9.17) is 18.9 Å². The van der Waals surface area contributed by atoms with Crippen molar-refractivity contribution in [1.82, 2.24) is 0 Å². The molecule has 0 unspecified atom stereocenters. The number of rotatable bonds is 7. The van der Waals surface area contributed by atoms with E-state index in [1.807, 2.05) is 50.2 Å². The monoisotopic (exact) mass is 367 g/mol. The fourth-order valence-electron chi connectivity index (χ4n) is 2.60. The first-order valence-electron chi connectivity index (χ1n) is 8.71. The highest BCUT2D eigenvalue weighted by Gasteiger charge is 2.24. The number of cyclic esters (lactones) is 1. The second kappa shape index (κ2) is 8.40. The largest absolute Gasteiger partial charge is 0.497 e. The molecule has 6 heteroatoms. The quantitative estimate of drug-likeness (QED) is 0.549. The summed E-state index contributed by atoms with van der Waals surface area (Å²) in [6.07, 6.45) is 1.66. The summed E-state index contributed by atoms with van der Waals surface area (Å²) in [5, 5.41) is 0. The maximum Gasteiger partial charge on any atom is 0.363 e. The van der Waals surface area contributed by atoms with Crippen molar-refractivity contribution in [2.24, 2.45) is 4.99 Å². The molecule has 6 nitrogen and oxygen atoms in total. The van der Waals surface area contributed by atoms with Crippen LogP contribution in [0.1, 0.15) is 25.0 Å². The minimum atomic E-state index is -0.500. The van der Waals surface area contributed by atoms with Gasteiger partial charge in [0.2, 0.25) is 5.90 Å². The van der Waals surface area contributed by atoms with Crippen molar-refractivity contribution in [2.45, 2.75) is 13.8 Å². The third-order valence-corrected chi connectivity index (χ3v) is 3.81. The number of aliphatic imine (C=N–C) groups is 1. The zero-order chi connectivity index (χ0) is 19.2. The smallest absolute Gasteiger partial charge is 0.363 e. The third-order valence-electron chi connectivity index (χ3n) is 3.81. The Morgan fingerprint density at radius 3 is 2.56 bits per heavy atom. The van der Waals surface area contributed by atoms with Gasteiger partial charge in [0.25, 0.3) is 0 Å². The van der Waals surface area contributed by atoms with E-state index < -0.39 is 5.97 Å². The number of esters is 1. The first-order chi connectivity index (χ1) is 13.1. The van der Waals surface area contributed by atoms with Crippen LogP contribution in [-0.2, 0) is 9.53 Å². The van der Waals surface area contributed by atoms with Crippen molar-refractivity contribution < 1.29 is 23.7 Å². The highest BCUT2D eigenvalue weighted by atomic mass is 16.6. The van der Waals surface area contributed by atoms with Gasteiger partial charge >= 0.3 is 5.97 Å². The third kappa shape index (κ3) is 4.28. The van der Waals surface area contributed by atoms with Gasteiger partial charge in [0.05, 0.1) is 20.3 Å². The van der Waals surface area contributed by atoms with Crippen LogP contribution in [0.3, 0.4) is 0 Å². The second-order valence-electron chi connectivity index (χ2n) is 5.64. The van der Waals surface area contributed by atoms with Gasteiger partial charge in [0.15, 0.2) is 17.2 Å². The lowest BCUT2D eigenvalue weighted by atomic mass is 10.1. The Balaban J connectivity index is 1.90. The maximum absolute atomic E-state index is 12.2. The summed E-state index contributed by atoms with van der Waals surface area (Å²) in [7, 11) is 1.58. The predicted molar refractivity (Wildman–Crippen MR) is 102 cm³/mol. The number of benzene rings is 2. The molecule has 0 amide bonds. The van der Waals surface area contributed by atoms with E-state index in [0.717, 1.165) is 5.56 Å². The molecule has 1 aliphatic rings. The summed E-state index contributed by atoms with van der Waals surface area (Å²) in [4.78, 5) is 16.5. The van der Waals surface area contributed by atoms with Crippen LogP contribution in [0.4, 0.5) is 0 Å². The van der Waals surface area contributed by atoms with Crippen LogP contribution < -0.4 is 14.2 Å². The molecule has 0 saturated carbocycles. The van der Waals surface area contributed by atoms with Gasteiger partial charge in [-0.25, -0.2) is 9.79 Å². The minimum Gasteiger partial charge on any atom is -0.497 e. The Morgan fingerprint density at radius 2 is 1.81 bits per heavy atom. The molecule has 0 N–H and O–H groups in total. The SMILES string of the molecule is CCOc1ccc(/C=C2/N=C(c3cccc(OC)c3)OC2=O)cc1OCC. The average Bonchev–Trinajstić information content (AvgIpc) is 3.05. The average molecular weight is 367 g/mol. The van der Waals surface area contributed by atoms with E-state index in [1.165, 1.54) is 0 Å². The molecule has 2 aromatic rings. The highest BCUT2D eigenvalue weighted by Crippen LogP contribution is 2.30. The van der Waals surface area contributed by atoms with Crippen molar-refractivity contribution in [2.75, 3.05) is 20.3 Å². The zero-order valence-corrected chi connectivity index (χ0v) is 15.5. The second-order valence-corrected chi connectivity index (χ2v) is 5.64. The molecule has 140 valence electrons. The summed E-state index contributed by atoms with van der Waals surface area (Å²) in [6.45, 7) is 4.87. The lowest BCUT2D eigenvalue weighted by molar-refractivity contribution is -0.129. The topological polar surface area (TPSA) is 66.3 Å². The van der Waals surface area contributed by atoms with E-state index in [2.05, 4.69) is 4.99 Å². The number of carbonyl (C=O) groups excluding carboxylic acids is 1. The Kier molecular flexibility index (Phi) is 5.76. The highest BCUT2D eigenvalue weighted by molar-refractivity contribution is 6.13. The van der Waals surface area contributed by atoms with Gasteiger partial charge in [-0.3, -0.25) is 0 Å². The van der Waals surface area contributed by atoms with Crippen LogP contribution in [0.5, 0.6) is 17.2 Å². The first-order valence-corrected chi connectivity index (χ1v) is 8.71. The van der Waals surface area contributed by atoms with Crippen molar-refractivity contribution in [3.05, 3.63) is 59.3 Å². The van der Waals surface area contributed by atoms with Crippen molar-refractivity contribution in [3.63, 3.8) is 0 Å². The molecule has 0 aliphatic carbocycles. The van der Waals surface area contributed by atoms with Gasteiger partial charge in [0, 0.05) is 5.56 Å². The van der Waals surface area contributed by atoms with Crippen molar-refractivity contribution >= 4 is 17.9 Å². The van der Waals surface area contributed by atoms with Gasteiger partial charge in [-0.15, -0.1) is 0 Å². The Morgan fingerprint density at radius 1 is 1.04 bits per heavy atom. The van der Waals surface area contributed by atoms with Crippen LogP contribution in [0.15, 0.2) is 53.2 Å². The van der Waals surface area contributed by atoms with E-state index >= 15 is 0 Å². The van der Waals surface area contributed by atoms with Crippen LogP contribution in [0.2, 0.25) is 0 Å². The van der Waals surface area contributed by atoms with Crippen LogP contribution in [0.25, 0.3) is 6.08 Å². The van der Waals surface area contributed by atoms with Crippen molar-refractivity contribution in [3.8, 4) is 17.2 Å². The molecule has 0 saturated heterocycles. The standard InChI is InChI=1S/C21H21NO5/c1-4-25-18-10-9-14(12-19(18)26-5-2)11-17-21(23)27-20(22-17)15-7-6-8-16(13-15)24-3/h6-13H,4-5H2,1-3H3/b17-11+. The van der Waals surface area contributed by atoms with E-state index in [1.54, 1.807) is 19.3 Å². The Labute approximate surface area is 158 Å². The molecular weight excluding hydrogens is 346 g/mol. The fraction of sp³-hybridized carbons (Fsp3) is 0.238. The summed E-state index contributed by atoms with van der Waals surface area (Å²) in [6, 6.07) is 12.7. The fourth-order valence-corrected chi connectivity index (χ4v) is 2.60. The normalized spacial score (nSPS) is 14.7. The van der Waals surface area contributed by atoms with Gasteiger partial charge in [-0.1, -0.05) is 12.1 Å². The van der Waals surface area contributed by atoms with E-state index in [9.17, 15) is 4.79 Å². The van der Waals surface area contributed by atoms with Crippen LogP contribution in [-0.4, -0.2) is 32.2 Å². The molecule has 0 atom stereocenters. The molecule has 0 bridgehead atoms. The van der Waals surface area contributed by atoms with Gasteiger partial charge in [-0.2, -0.15) is 0 Å². The number of methoxy groups -OCH3 is 1. The number of hydrogen-bond donors (Lipinski definition) is 0. The summed E-state index contributed by atoms with van der Waals surface area (Å²) < 4.78 is 21.7. The lowest BCUT2D eigenvalue weighted by Crippen LogP contribution is -2.05. The summed E-state index contributed by atoms with van der Waals surface area (Å²) in [5.41, 5.74) is 1.66. The lowest BCUT2D eigenvalue weighted by Gasteiger charge is -2.11. The minimum absolute atomic E-state index is 0.222. The molecule has 3 rings (SSSR count). The predicted octanol–water partition coefficient (Wildman–Crippen LogP) is 3.84. The molecule has 0 aromatic heterocycles. The molecule has 0 fully saturated rings. The number of ether oxygens (including phenoxy) is 4. The van der Waals surface area contributed by atoms with E-state index in [0.29, 0.717) is 36.0 Å². The molecule has 2 aromatic carbocycles. The molecule has 0 radical (unpaired) electrons. The van der Waals surface area contributed by atoms with Crippen molar-refractivity contribution in [1.29, 1.82) is 0 Å². The number of carbonyl (C=O) groups is 1.